The summed E-state index contributed by atoms with van der Waals surface area (Å²) in [6.45, 7) is 0. The van der Waals surface area contributed by atoms with Gasteiger partial charge < -0.3 is 4.57 Å². The Bertz CT molecular complexity index is 518. The third-order valence-corrected chi connectivity index (χ3v) is 3.08. The van der Waals surface area contributed by atoms with Crippen molar-refractivity contribution in [1.29, 1.82) is 5.26 Å². The van der Waals surface area contributed by atoms with E-state index in [-0.39, 0.29) is 0 Å². The molecule has 0 spiro atoms. The minimum atomic E-state index is 0.510. The van der Waals surface area contributed by atoms with E-state index in [9.17, 15) is 0 Å². The van der Waals surface area contributed by atoms with Crippen molar-refractivity contribution in [3.8, 4) is 6.07 Å². The number of nitriles is 1. The van der Waals surface area contributed by atoms with Crippen molar-refractivity contribution in [1.82, 2.24) is 14.8 Å². The van der Waals surface area contributed by atoms with Crippen LogP contribution in [0.2, 0.25) is 0 Å². The van der Waals surface area contributed by atoms with E-state index in [4.69, 9.17) is 5.26 Å². The molecule has 2 heterocycles. The Balaban J connectivity index is 2.22. The lowest BCUT2D eigenvalue weighted by Crippen LogP contribution is -1.88. The number of nitrogens with zero attached hydrogens (tertiary/aromatic N) is 3. The van der Waals surface area contributed by atoms with Crippen molar-refractivity contribution in [3.63, 3.8) is 0 Å². The number of H-pyrrole nitrogens is 1. The molecule has 0 radical (unpaired) electrons. The van der Waals surface area contributed by atoms with E-state index in [1.807, 2.05) is 17.7 Å². The van der Waals surface area contributed by atoms with E-state index in [0.29, 0.717) is 5.69 Å². The zero-order valence-corrected chi connectivity index (χ0v) is 10.3. The van der Waals surface area contributed by atoms with E-state index in [1.54, 1.807) is 6.07 Å². The highest BCUT2D eigenvalue weighted by Gasteiger charge is 2.06. The van der Waals surface area contributed by atoms with Gasteiger partial charge in [0.1, 0.15) is 11.8 Å². The molecule has 0 fully saturated rings. The smallest absolute Gasteiger partial charge is 0.135 e. The number of nitrogens with one attached hydrogen (secondary N) is 1. The van der Waals surface area contributed by atoms with Crippen molar-refractivity contribution < 1.29 is 0 Å². The quantitative estimate of drug-likeness (QED) is 0.860. The van der Waals surface area contributed by atoms with Gasteiger partial charge in [0, 0.05) is 29.4 Å². The van der Waals surface area contributed by atoms with Crippen LogP contribution in [0.25, 0.3) is 0 Å². The van der Waals surface area contributed by atoms with Crippen molar-refractivity contribution in [2.45, 2.75) is 6.42 Å². The fourth-order valence-electron chi connectivity index (χ4n) is 1.44. The maximum absolute atomic E-state index is 8.65. The van der Waals surface area contributed by atoms with E-state index in [1.165, 1.54) is 9.13 Å². The molecule has 2 rings (SSSR count). The van der Waals surface area contributed by atoms with Gasteiger partial charge in [0.05, 0.1) is 5.69 Å². The second-order valence-corrected chi connectivity index (χ2v) is 4.52. The van der Waals surface area contributed by atoms with Crippen LogP contribution in [0.15, 0.2) is 18.5 Å². The first-order valence-corrected chi connectivity index (χ1v) is 5.51. The molecule has 0 bridgehead atoms. The number of aryl methyl sites for hydroxylation is 1. The van der Waals surface area contributed by atoms with E-state index in [0.717, 1.165) is 12.1 Å². The Hall–Kier alpha value is -1.29. The lowest BCUT2D eigenvalue weighted by atomic mass is 10.2. The van der Waals surface area contributed by atoms with E-state index >= 15 is 0 Å². The van der Waals surface area contributed by atoms with Crippen LogP contribution in [0.4, 0.5) is 0 Å². The molecular weight excluding hydrogens is 303 g/mol. The largest absolute Gasteiger partial charge is 0.356 e. The maximum Gasteiger partial charge on any atom is 0.135 e. The molecule has 2 aromatic rings. The summed E-state index contributed by atoms with van der Waals surface area (Å²) in [5.41, 5.74) is 2.64. The summed E-state index contributed by atoms with van der Waals surface area (Å²) in [5.74, 6) is 0. The van der Waals surface area contributed by atoms with Gasteiger partial charge in [-0.1, -0.05) is 0 Å². The normalized spacial score (nSPS) is 10.2. The molecule has 0 saturated carbocycles. The van der Waals surface area contributed by atoms with Gasteiger partial charge in [0.25, 0.3) is 0 Å². The standard InChI is InChI=1S/C10H9IN4/c1-15-5-7(10(11)6-15)2-8-3-9(4-12)14-13-8/h3,5-6H,2H2,1H3,(H,13,14). The summed E-state index contributed by atoms with van der Waals surface area (Å²) in [7, 11) is 2.00. The second-order valence-electron chi connectivity index (χ2n) is 3.36. The van der Waals surface area contributed by atoms with Crippen LogP contribution < -0.4 is 0 Å². The van der Waals surface area contributed by atoms with Crippen molar-refractivity contribution in [3.05, 3.63) is 39.0 Å². The zero-order chi connectivity index (χ0) is 10.8. The van der Waals surface area contributed by atoms with E-state index in [2.05, 4.69) is 45.2 Å². The van der Waals surface area contributed by atoms with Crippen molar-refractivity contribution >= 4 is 22.6 Å². The minimum Gasteiger partial charge on any atom is -0.356 e. The van der Waals surface area contributed by atoms with Crippen molar-refractivity contribution in [2.24, 2.45) is 7.05 Å². The predicted molar refractivity (Wildman–Crippen MR) is 64.2 cm³/mol. The molecule has 4 nitrogen and oxygen atoms in total. The SMILES string of the molecule is Cn1cc(I)c(Cc2cc(C#N)[nH]n2)c1. The molecule has 0 aromatic carbocycles. The summed E-state index contributed by atoms with van der Waals surface area (Å²) in [6, 6.07) is 3.81. The van der Waals surface area contributed by atoms with Gasteiger partial charge >= 0.3 is 0 Å². The summed E-state index contributed by atoms with van der Waals surface area (Å²) < 4.78 is 3.24. The summed E-state index contributed by atoms with van der Waals surface area (Å²) >= 11 is 2.30. The van der Waals surface area contributed by atoms with Crippen LogP contribution in [0.5, 0.6) is 0 Å². The van der Waals surface area contributed by atoms with Gasteiger partial charge in [-0.25, -0.2) is 0 Å². The lowest BCUT2D eigenvalue weighted by Gasteiger charge is -1.93. The van der Waals surface area contributed by atoms with Gasteiger partial charge in [0.15, 0.2) is 0 Å². The molecule has 0 aliphatic heterocycles. The minimum absolute atomic E-state index is 0.510. The summed E-state index contributed by atoms with van der Waals surface area (Å²) in [4.78, 5) is 0. The summed E-state index contributed by atoms with van der Waals surface area (Å²) in [6.07, 6.45) is 4.90. The summed E-state index contributed by atoms with van der Waals surface area (Å²) in [5, 5.41) is 15.4. The zero-order valence-electron chi connectivity index (χ0n) is 8.16. The average molecular weight is 312 g/mol. The first-order valence-electron chi connectivity index (χ1n) is 4.44. The Labute approximate surface area is 101 Å². The number of hydrogen-bond acceptors (Lipinski definition) is 2. The fourth-order valence-corrected chi connectivity index (χ4v) is 2.21. The molecule has 2 aromatic heterocycles. The van der Waals surface area contributed by atoms with Crippen LogP contribution in [0.1, 0.15) is 17.0 Å². The van der Waals surface area contributed by atoms with Crippen LogP contribution in [-0.4, -0.2) is 14.8 Å². The molecule has 0 atom stereocenters. The van der Waals surface area contributed by atoms with Gasteiger partial charge in [-0.05, 0) is 34.2 Å². The Morgan fingerprint density at radius 3 is 2.93 bits per heavy atom. The van der Waals surface area contributed by atoms with E-state index < -0.39 is 0 Å². The van der Waals surface area contributed by atoms with Gasteiger partial charge in [-0.15, -0.1) is 0 Å². The molecule has 0 unspecified atom stereocenters. The van der Waals surface area contributed by atoms with Gasteiger partial charge in [-0.2, -0.15) is 10.4 Å². The number of hydrogen-bond donors (Lipinski definition) is 1. The first kappa shape index (κ1) is 10.2. The average Bonchev–Trinajstić information content (AvgIpc) is 2.75. The van der Waals surface area contributed by atoms with Crippen LogP contribution in [0.3, 0.4) is 0 Å². The molecule has 0 aliphatic rings. The molecule has 1 N–H and O–H groups in total. The lowest BCUT2D eigenvalue weighted by molar-refractivity contribution is 0.916. The maximum atomic E-state index is 8.65. The fraction of sp³-hybridized carbons (Fsp3) is 0.200. The van der Waals surface area contributed by atoms with Gasteiger partial charge in [0.2, 0.25) is 0 Å². The number of aromatic amines is 1. The van der Waals surface area contributed by atoms with Crippen LogP contribution in [0, 0.1) is 14.9 Å². The molecule has 0 aliphatic carbocycles. The Kier molecular flexibility index (Phi) is 2.77. The van der Waals surface area contributed by atoms with Crippen LogP contribution in [-0.2, 0) is 13.5 Å². The number of aromatic nitrogens is 3. The molecule has 0 saturated heterocycles. The molecular formula is C10H9IN4. The third kappa shape index (κ3) is 2.21. The highest BCUT2D eigenvalue weighted by Crippen LogP contribution is 2.16. The predicted octanol–water partition coefficient (Wildman–Crippen LogP) is 1.82. The Morgan fingerprint density at radius 2 is 2.40 bits per heavy atom. The van der Waals surface area contributed by atoms with Crippen LogP contribution >= 0.6 is 22.6 Å². The molecule has 5 heteroatoms. The highest BCUT2D eigenvalue weighted by molar-refractivity contribution is 14.1. The topological polar surface area (TPSA) is 57.4 Å². The number of rotatable bonds is 2. The molecule has 15 heavy (non-hydrogen) atoms. The number of halogens is 1. The molecule has 0 amide bonds. The van der Waals surface area contributed by atoms with Crippen molar-refractivity contribution in [2.75, 3.05) is 0 Å². The Morgan fingerprint density at radius 1 is 1.60 bits per heavy atom. The third-order valence-electron chi connectivity index (χ3n) is 2.11. The first-order chi connectivity index (χ1) is 7.19. The van der Waals surface area contributed by atoms with Gasteiger partial charge in [-0.3, -0.25) is 5.10 Å². The molecule has 76 valence electrons. The highest BCUT2D eigenvalue weighted by atomic mass is 127. The second kappa shape index (κ2) is 4.06. The monoisotopic (exact) mass is 312 g/mol.